The molecule has 2 aromatic rings. The Balaban J connectivity index is 1.60. The second kappa shape index (κ2) is 9.23. The van der Waals surface area contributed by atoms with Gasteiger partial charge in [0.15, 0.2) is 0 Å². The first-order valence-corrected chi connectivity index (χ1v) is 9.08. The molecule has 1 fully saturated rings. The van der Waals surface area contributed by atoms with Crippen LogP contribution in [0, 0.1) is 0 Å². The highest BCUT2D eigenvalue weighted by molar-refractivity contribution is 5.95. The first kappa shape index (κ1) is 19.7. The third-order valence-corrected chi connectivity index (χ3v) is 4.57. The van der Waals surface area contributed by atoms with Crippen LogP contribution in [-0.2, 0) is 11.3 Å². The molecule has 1 heterocycles. The van der Waals surface area contributed by atoms with Crippen LogP contribution in [0.5, 0.6) is 11.5 Å². The van der Waals surface area contributed by atoms with Crippen molar-refractivity contribution in [3.63, 3.8) is 0 Å². The van der Waals surface area contributed by atoms with Gasteiger partial charge in [-0.1, -0.05) is 12.1 Å². The molecule has 0 atom stereocenters. The predicted octanol–water partition coefficient (Wildman–Crippen LogP) is 2.11. The van der Waals surface area contributed by atoms with Crippen LogP contribution in [-0.4, -0.2) is 57.2 Å². The lowest BCUT2D eigenvalue weighted by molar-refractivity contribution is 0.0303. The van der Waals surface area contributed by atoms with E-state index in [1.54, 1.807) is 35.2 Å². The number of hydrogen-bond donors (Lipinski definition) is 1. The highest BCUT2D eigenvalue weighted by Gasteiger charge is 2.18. The molecular formula is C21H24N2O5. The molecule has 0 saturated carbocycles. The summed E-state index contributed by atoms with van der Waals surface area (Å²) in [6.45, 7) is 2.72. The van der Waals surface area contributed by atoms with E-state index in [1.807, 2.05) is 12.1 Å². The molecule has 0 bridgehead atoms. The summed E-state index contributed by atoms with van der Waals surface area (Å²) < 4.78 is 15.7. The Bertz CT molecular complexity index is 807. The molecule has 0 spiro atoms. The van der Waals surface area contributed by atoms with E-state index in [2.05, 4.69) is 5.32 Å². The van der Waals surface area contributed by atoms with Crippen LogP contribution in [0.25, 0.3) is 0 Å². The lowest BCUT2D eigenvalue weighted by Crippen LogP contribution is -2.40. The molecule has 0 unspecified atom stereocenters. The zero-order valence-electron chi connectivity index (χ0n) is 16.1. The Morgan fingerprint density at radius 1 is 0.964 bits per heavy atom. The zero-order valence-corrected chi connectivity index (χ0v) is 16.1. The highest BCUT2D eigenvalue weighted by atomic mass is 16.5. The van der Waals surface area contributed by atoms with E-state index in [0.717, 1.165) is 5.56 Å². The van der Waals surface area contributed by atoms with Gasteiger partial charge >= 0.3 is 0 Å². The van der Waals surface area contributed by atoms with E-state index in [4.69, 9.17) is 14.2 Å². The molecule has 1 aliphatic heterocycles. The second-order valence-electron chi connectivity index (χ2n) is 6.39. The van der Waals surface area contributed by atoms with Crippen LogP contribution in [0.4, 0.5) is 0 Å². The fourth-order valence-corrected chi connectivity index (χ4v) is 2.94. The number of morpholine rings is 1. The van der Waals surface area contributed by atoms with Gasteiger partial charge in [-0.15, -0.1) is 0 Å². The fourth-order valence-electron chi connectivity index (χ4n) is 2.94. The topological polar surface area (TPSA) is 77.1 Å². The Morgan fingerprint density at radius 3 is 2.14 bits per heavy atom. The average molecular weight is 384 g/mol. The Hall–Kier alpha value is -3.06. The van der Waals surface area contributed by atoms with Crippen molar-refractivity contribution in [3.8, 4) is 11.5 Å². The van der Waals surface area contributed by atoms with Gasteiger partial charge in [0.2, 0.25) is 0 Å². The van der Waals surface area contributed by atoms with Crippen LogP contribution < -0.4 is 14.8 Å². The molecule has 2 amide bonds. The van der Waals surface area contributed by atoms with Gasteiger partial charge in [0, 0.05) is 36.8 Å². The smallest absolute Gasteiger partial charge is 0.254 e. The Labute approximate surface area is 164 Å². The SMILES string of the molecule is COc1cc(OC)cc(C(=O)NCc2ccc(C(=O)N3CCOCC3)cc2)c1. The average Bonchev–Trinajstić information content (AvgIpc) is 2.77. The Kier molecular flexibility index (Phi) is 6.49. The molecule has 1 aliphatic rings. The normalized spacial score (nSPS) is 13.7. The van der Waals surface area contributed by atoms with Crippen molar-refractivity contribution in [2.45, 2.75) is 6.54 Å². The van der Waals surface area contributed by atoms with E-state index in [0.29, 0.717) is 55.5 Å². The number of carbonyl (C=O) groups is 2. The maximum absolute atomic E-state index is 12.5. The predicted molar refractivity (Wildman–Crippen MR) is 104 cm³/mol. The third-order valence-electron chi connectivity index (χ3n) is 4.57. The molecule has 7 nitrogen and oxygen atoms in total. The molecule has 7 heteroatoms. The summed E-state index contributed by atoms with van der Waals surface area (Å²) in [5, 5.41) is 2.87. The van der Waals surface area contributed by atoms with Crippen molar-refractivity contribution in [2.75, 3.05) is 40.5 Å². The van der Waals surface area contributed by atoms with Gasteiger partial charge in [-0.25, -0.2) is 0 Å². The number of carbonyl (C=O) groups excluding carboxylic acids is 2. The van der Waals surface area contributed by atoms with Gasteiger partial charge in [0.05, 0.1) is 27.4 Å². The largest absolute Gasteiger partial charge is 0.497 e. The van der Waals surface area contributed by atoms with Gasteiger partial charge in [0.25, 0.3) is 11.8 Å². The van der Waals surface area contributed by atoms with Gasteiger partial charge in [0.1, 0.15) is 11.5 Å². The summed E-state index contributed by atoms with van der Waals surface area (Å²) in [4.78, 5) is 26.7. The van der Waals surface area contributed by atoms with Crippen molar-refractivity contribution < 1.29 is 23.8 Å². The van der Waals surface area contributed by atoms with Crippen LogP contribution in [0.1, 0.15) is 26.3 Å². The van der Waals surface area contributed by atoms with Crippen molar-refractivity contribution in [3.05, 3.63) is 59.2 Å². The summed E-state index contributed by atoms with van der Waals surface area (Å²) in [5.41, 5.74) is 1.99. The third kappa shape index (κ3) is 4.80. The second-order valence-corrected chi connectivity index (χ2v) is 6.39. The maximum atomic E-state index is 12.5. The van der Waals surface area contributed by atoms with Crippen molar-refractivity contribution >= 4 is 11.8 Å². The first-order chi connectivity index (χ1) is 13.6. The Morgan fingerprint density at radius 2 is 1.57 bits per heavy atom. The number of hydrogen-bond acceptors (Lipinski definition) is 5. The quantitative estimate of drug-likeness (QED) is 0.825. The molecule has 1 N–H and O–H groups in total. The molecule has 0 radical (unpaired) electrons. The summed E-state index contributed by atoms with van der Waals surface area (Å²) in [6, 6.07) is 12.3. The maximum Gasteiger partial charge on any atom is 0.254 e. The lowest BCUT2D eigenvalue weighted by atomic mass is 10.1. The molecule has 0 aliphatic carbocycles. The number of benzene rings is 2. The minimum Gasteiger partial charge on any atom is -0.497 e. The number of methoxy groups -OCH3 is 2. The zero-order chi connectivity index (χ0) is 19.9. The van der Waals surface area contributed by atoms with Gasteiger partial charge in [-0.3, -0.25) is 9.59 Å². The van der Waals surface area contributed by atoms with E-state index in [9.17, 15) is 9.59 Å². The minimum absolute atomic E-state index is 0.00219. The van der Waals surface area contributed by atoms with Crippen LogP contribution in [0.15, 0.2) is 42.5 Å². The highest BCUT2D eigenvalue weighted by Crippen LogP contribution is 2.22. The summed E-state index contributed by atoms with van der Waals surface area (Å²) in [7, 11) is 3.08. The van der Waals surface area contributed by atoms with E-state index >= 15 is 0 Å². The molecule has 148 valence electrons. The molecular weight excluding hydrogens is 360 g/mol. The number of ether oxygens (including phenoxy) is 3. The van der Waals surface area contributed by atoms with Crippen LogP contribution in [0.2, 0.25) is 0 Å². The molecule has 3 rings (SSSR count). The number of amides is 2. The lowest BCUT2D eigenvalue weighted by Gasteiger charge is -2.26. The monoisotopic (exact) mass is 384 g/mol. The summed E-state index contributed by atoms with van der Waals surface area (Å²) >= 11 is 0. The summed E-state index contributed by atoms with van der Waals surface area (Å²) in [6.07, 6.45) is 0. The minimum atomic E-state index is -0.231. The van der Waals surface area contributed by atoms with Gasteiger partial charge in [-0.05, 0) is 29.8 Å². The number of rotatable bonds is 6. The van der Waals surface area contributed by atoms with Crippen LogP contribution in [0.3, 0.4) is 0 Å². The first-order valence-electron chi connectivity index (χ1n) is 9.08. The van der Waals surface area contributed by atoms with E-state index in [-0.39, 0.29) is 11.8 Å². The fraction of sp³-hybridized carbons (Fsp3) is 0.333. The standard InChI is InChI=1S/C21H24N2O5/c1-26-18-11-17(12-19(13-18)27-2)20(24)22-14-15-3-5-16(6-4-15)21(25)23-7-9-28-10-8-23/h3-6,11-13H,7-10,14H2,1-2H3,(H,22,24). The van der Waals surface area contributed by atoms with Crippen LogP contribution >= 0.6 is 0 Å². The van der Waals surface area contributed by atoms with Crippen molar-refractivity contribution in [1.82, 2.24) is 10.2 Å². The molecule has 0 aromatic heterocycles. The molecule has 2 aromatic carbocycles. The van der Waals surface area contributed by atoms with Gasteiger partial charge in [-0.2, -0.15) is 0 Å². The molecule has 28 heavy (non-hydrogen) atoms. The summed E-state index contributed by atoms with van der Waals surface area (Å²) in [5.74, 6) is 0.874. The molecule has 1 saturated heterocycles. The van der Waals surface area contributed by atoms with E-state index in [1.165, 1.54) is 14.2 Å². The number of nitrogens with one attached hydrogen (secondary N) is 1. The number of nitrogens with zero attached hydrogens (tertiary/aromatic N) is 1. The van der Waals surface area contributed by atoms with E-state index < -0.39 is 0 Å². The van der Waals surface area contributed by atoms with Crippen molar-refractivity contribution in [2.24, 2.45) is 0 Å². The van der Waals surface area contributed by atoms with Gasteiger partial charge < -0.3 is 24.4 Å². The van der Waals surface area contributed by atoms with Crippen molar-refractivity contribution in [1.29, 1.82) is 0 Å².